The molecule has 0 spiro atoms. The summed E-state index contributed by atoms with van der Waals surface area (Å²) >= 11 is 17.2. The molecular weight excluding hydrogens is 363 g/mol. The molecule has 0 aromatic heterocycles. The fourth-order valence-corrected chi connectivity index (χ4v) is 1.02. The average Bonchev–Trinajstić information content (AvgIpc) is 1.95. The summed E-state index contributed by atoms with van der Waals surface area (Å²) in [5, 5.41) is -10.2. The molecule has 0 heterocycles. The zero-order chi connectivity index (χ0) is 15.2. The van der Waals surface area contributed by atoms with E-state index in [9.17, 15) is 30.7 Å². The van der Waals surface area contributed by atoms with E-state index in [0.717, 1.165) is 0 Å². The molecule has 110 valence electrons. The van der Waals surface area contributed by atoms with Crippen molar-refractivity contribution in [3.8, 4) is 0 Å². The molecule has 0 amide bonds. The van der Waals surface area contributed by atoms with Crippen LogP contribution in [0.5, 0.6) is 0 Å². The SMILES string of the molecule is CC(F)(F)C(F)(OC(F)(Cl)C(F)(Cl)Cl)C(F)(F)Cl. The van der Waals surface area contributed by atoms with E-state index in [2.05, 4.69) is 51.1 Å². The van der Waals surface area contributed by atoms with Gasteiger partial charge in [-0.2, -0.15) is 22.0 Å². The first-order chi connectivity index (χ1) is 7.46. The molecule has 1 nitrogen and oxygen atoms in total. The third-order valence-electron chi connectivity index (χ3n) is 1.53. The molecular formula is C6H3Cl4F7O. The molecule has 0 saturated carbocycles. The lowest BCUT2D eigenvalue weighted by molar-refractivity contribution is -0.376. The fraction of sp³-hybridized carbons (Fsp3) is 1.00. The molecule has 0 rings (SSSR count). The summed E-state index contributed by atoms with van der Waals surface area (Å²) in [6, 6.07) is 0. The molecule has 0 N–H and O–H groups in total. The Bertz CT molecular complexity index is 291. The second-order valence-electron chi connectivity index (χ2n) is 3.10. The molecule has 0 aliphatic carbocycles. The smallest absolute Gasteiger partial charge is 0.280 e. The maximum absolute atomic E-state index is 13.4. The van der Waals surface area contributed by atoms with Gasteiger partial charge in [-0.3, -0.25) is 4.74 Å². The Morgan fingerprint density at radius 3 is 1.28 bits per heavy atom. The highest BCUT2D eigenvalue weighted by Crippen LogP contribution is 2.54. The van der Waals surface area contributed by atoms with Crippen LogP contribution in [0.3, 0.4) is 0 Å². The van der Waals surface area contributed by atoms with Gasteiger partial charge < -0.3 is 0 Å². The van der Waals surface area contributed by atoms with Crippen molar-refractivity contribution in [3.05, 3.63) is 0 Å². The first kappa shape index (κ1) is 18.6. The highest BCUT2D eigenvalue weighted by Gasteiger charge is 2.74. The number of hydrogen-bond acceptors (Lipinski definition) is 1. The van der Waals surface area contributed by atoms with Gasteiger partial charge in [0.05, 0.1) is 0 Å². The van der Waals surface area contributed by atoms with E-state index in [-0.39, 0.29) is 0 Å². The van der Waals surface area contributed by atoms with Gasteiger partial charge in [-0.05, 0) is 23.2 Å². The van der Waals surface area contributed by atoms with Gasteiger partial charge in [0, 0.05) is 6.92 Å². The zero-order valence-electron chi connectivity index (χ0n) is 8.07. The Labute approximate surface area is 116 Å². The van der Waals surface area contributed by atoms with Gasteiger partial charge in [-0.25, -0.2) is 8.78 Å². The van der Waals surface area contributed by atoms with E-state index in [1.807, 2.05) is 0 Å². The van der Waals surface area contributed by atoms with Crippen LogP contribution >= 0.6 is 46.4 Å². The predicted octanol–water partition coefficient (Wildman–Crippen LogP) is 5.12. The second kappa shape index (κ2) is 4.87. The first-order valence-corrected chi connectivity index (χ1v) is 5.25. The standard InChI is InChI=1S/C6H3Cl4F7O/c1-2(11,12)3(13,5(9,15)16)18-6(10,17)4(7,8)14/h1H3. The van der Waals surface area contributed by atoms with Gasteiger partial charge in [0.15, 0.2) is 0 Å². The largest absolute Gasteiger partial charge is 0.385 e. The van der Waals surface area contributed by atoms with Crippen LogP contribution in [-0.2, 0) is 4.74 Å². The lowest BCUT2D eigenvalue weighted by Crippen LogP contribution is -2.60. The second-order valence-corrected chi connectivity index (χ2v) is 5.29. The Balaban J connectivity index is 5.58. The summed E-state index contributed by atoms with van der Waals surface area (Å²) in [6.45, 7) is -0.432. The van der Waals surface area contributed by atoms with Gasteiger partial charge in [0.1, 0.15) is 0 Å². The molecule has 0 saturated heterocycles. The van der Waals surface area contributed by atoms with Crippen molar-refractivity contribution in [2.24, 2.45) is 0 Å². The van der Waals surface area contributed by atoms with Crippen molar-refractivity contribution in [2.45, 2.75) is 34.0 Å². The highest BCUT2D eigenvalue weighted by molar-refractivity contribution is 6.51. The summed E-state index contributed by atoms with van der Waals surface area (Å²) in [6.07, 6.45) is 0. The van der Waals surface area contributed by atoms with Gasteiger partial charge in [0.25, 0.3) is 0 Å². The third kappa shape index (κ3) is 3.59. The monoisotopic (exact) mass is 364 g/mol. The number of ether oxygens (including phenoxy) is 1. The van der Waals surface area contributed by atoms with Gasteiger partial charge in [-0.1, -0.05) is 23.2 Å². The van der Waals surface area contributed by atoms with Crippen molar-refractivity contribution < 1.29 is 35.5 Å². The van der Waals surface area contributed by atoms with Gasteiger partial charge in [-0.15, -0.1) is 0 Å². The molecule has 2 atom stereocenters. The summed E-state index contributed by atoms with van der Waals surface area (Å²) in [5.41, 5.74) is 0. The van der Waals surface area contributed by atoms with Crippen LogP contribution in [0.1, 0.15) is 6.92 Å². The summed E-state index contributed by atoms with van der Waals surface area (Å²) < 4.78 is 88.2. The minimum atomic E-state index is -5.50. The molecule has 0 radical (unpaired) electrons. The zero-order valence-corrected chi connectivity index (χ0v) is 11.1. The molecule has 0 fully saturated rings. The molecule has 18 heavy (non-hydrogen) atoms. The van der Waals surface area contributed by atoms with Crippen molar-refractivity contribution in [3.63, 3.8) is 0 Å². The van der Waals surface area contributed by atoms with Crippen LogP contribution in [-0.4, -0.2) is 27.1 Å². The Kier molecular flexibility index (Phi) is 5.04. The Morgan fingerprint density at radius 2 is 1.11 bits per heavy atom. The van der Waals surface area contributed by atoms with E-state index in [0.29, 0.717) is 0 Å². The van der Waals surface area contributed by atoms with Crippen molar-refractivity contribution in [1.29, 1.82) is 0 Å². The average molecular weight is 366 g/mol. The van der Waals surface area contributed by atoms with E-state index in [4.69, 9.17) is 0 Å². The maximum atomic E-state index is 13.4. The lowest BCUT2D eigenvalue weighted by Gasteiger charge is -2.38. The van der Waals surface area contributed by atoms with Crippen LogP contribution in [0.2, 0.25) is 0 Å². The minimum Gasteiger partial charge on any atom is -0.280 e. The molecule has 0 aromatic rings. The lowest BCUT2D eigenvalue weighted by atomic mass is 10.2. The van der Waals surface area contributed by atoms with Crippen molar-refractivity contribution in [2.75, 3.05) is 0 Å². The summed E-state index contributed by atoms with van der Waals surface area (Å²) in [5.74, 6) is -10.6. The molecule has 0 aromatic carbocycles. The van der Waals surface area contributed by atoms with Gasteiger partial charge >= 0.3 is 27.1 Å². The number of hydrogen-bond donors (Lipinski definition) is 0. The molecule has 0 aliphatic heterocycles. The quantitative estimate of drug-likeness (QED) is 0.485. The van der Waals surface area contributed by atoms with E-state index >= 15 is 0 Å². The van der Waals surface area contributed by atoms with Crippen LogP contribution in [0.15, 0.2) is 0 Å². The minimum absolute atomic E-state index is 0.432. The third-order valence-corrected chi connectivity index (χ3v) is 2.79. The van der Waals surface area contributed by atoms with Crippen molar-refractivity contribution >= 4 is 46.4 Å². The van der Waals surface area contributed by atoms with Crippen LogP contribution in [0.25, 0.3) is 0 Å². The molecule has 2 unspecified atom stereocenters. The highest BCUT2D eigenvalue weighted by atomic mass is 35.5. The molecule has 0 bridgehead atoms. The fourth-order valence-electron chi connectivity index (χ4n) is 0.631. The van der Waals surface area contributed by atoms with Gasteiger partial charge in [0.2, 0.25) is 0 Å². The van der Waals surface area contributed by atoms with Crippen LogP contribution in [0, 0.1) is 0 Å². The summed E-state index contributed by atoms with van der Waals surface area (Å²) in [7, 11) is 0. The molecule has 0 aliphatic rings. The van der Waals surface area contributed by atoms with Crippen molar-refractivity contribution in [1.82, 2.24) is 0 Å². The van der Waals surface area contributed by atoms with Crippen LogP contribution in [0.4, 0.5) is 30.7 Å². The van der Waals surface area contributed by atoms with E-state index in [1.165, 1.54) is 0 Å². The maximum Gasteiger partial charge on any atom is 0.385 e. The first-order valence-electron chi connectivity index (χ1n) is 3.74. The number of halogens is 11. The van der Waals surface area contributed by atoms with E-state index < -0.39 is 34.0 Å². The Hall–Kier alpha value is 0.630. The van der Waals surface area contributed by atoms with Crippen LogP contribution < -0.4 is 0 Å². The topological polar surface area (TPSA) is 9.23 Å². The normalized spacial score (nSPS) is 21.3. The predicted molar refractivity (Wildman–Crippen MR) is 51.6 cm³/mol. The number of rotatable bonds is 5. The number of alkyl halides is 11. The van der Waals surface area contributed by atoms with E-state index in [1.54, 1.807) is 0 Å². The summed E-state index contributed by atoms with van der Waals surface area (Å²) in [4.78, 5) is 0. The molecule has 12 heteroatoms. The Morgan fingerprint density at radius 1 is 0.778 bits per heavy atom.